The number of halogens is 3. The lowest BCUT2D eigenvalue weighted by Crippen LogP contribution is -2.11. The molecule has 1 fully saturated rings. The second-order valence-electron chi connectivity index (χ2n) is 3.95. The number of hydrogen-bond acceptors (Lipinski definition) is 1. The van der Waals surface area contributed by atoms with Crippen LogP contribution in [0, 0.1) is 5.92 Å². The van der Waals surface area contributed by atoms with Crippen molar-refractivity contribution in [2.75, 3.05) is 0 Å². The van der Waals surface area contributed by atoms with Crippen LogP contribution in [0.3, 0.4) is 0 Å². The molecule has 0 unspecified atom stereocenters. The van der Waals surface area contributed by atoms with Crippen LogP contribution in [0.15, 0.2) is 22.7 Å². The second-order valence-corrected chi connectivity index (χ2v) is 5.24. The zero-order chi connectivity index (χ0) is 10.1. The molecule has 2 N–H and O–H groups in total. The van der Waals surface area contributed by atoms with E-state index in [0.717, 1.165) is 27.4 Å². The van der Waals surface area contributed by atoms with E-state index < -0.39 is 0 Å². The number of hydrogen-bond donors (Lipinski definition) is 1. The van der Waals surface area contributed by atoms with Crippen molar-refractivity contribution in [2.45, 2.75) is 25.3 Å². The molecule has 4 heteroatoms. The highest BCUT2D eigenvalue weighted by Gasteiger charge is 2.25. The van der Waals surface area contributed by atoms with Gasteiger partial charge in [-0.2, -0.15) is 0 Å². The largest absolute Gasteiger partial charge is 0.324 e. The molecule has 1 nitrogen and oxygen atoms in total. The molecule has 0 aromatic heterocycles. The van der Waals surface area contributed by atoms with E-state index in [9.17, 15) is 0 Å². The summed E-state index contributed by atoms with van der Waals surface area (Å²) in [4.78, 5) is 0. The lowest BCUT2D eigenvalue weighted by molar-refractivity contribution is 0.595. The molecular weight excluding hydrogens is 297 g/mol. The molecule has 0 bridgehead atoms. The number of benzene rings is 1. The fourth-order valence-electron chi connectivity index (χ4n) is 1.64. The minimum absolute atomic E-state index is 0. The Bertz CT molecular complexity index is 339. The molecule has 0 aliphatic heterocycles. The third-order valence-corrected chi connectivity index (χ3v) is 3.60. The first-order valence-electron chi connectivity index (χ1n) is 4.87. The van der Waals surface area contributed by atoms with Gasteiger partial charge in [0.25, 0.3) is 0 Å². The first-order chi connectivity index (χ1) is 6.66. The van der Waals surface area contributed by atoms with Gasteiger partial charge in [-0.15, -0.1) is 12.4 Å². The number of rotatable bonds is 3. The lowest BCUT2D eigenvalue weighted by atomic mass is 10.0. The average molecular weight is 311 g/mol. The van der Waals surface area contributed by atoms with E-state index in [1.165, 1.54) is 12.8 Å². The maximum absolute atomic E-state index is 6.12. The summed E-state index contributed by atoms with van der Waals surface area (Å²) >= 11 is 9.44. The van der Waals surface area contributed by atoms with Gasteiger partial charge in [-0.1, -0.05) is 40.4 Å². The first kappa shape index (κ1) is 13.3. The second kappa shape index (κ2) is 5.53. The van der Waals surface area contributed by atoms with Crippen LogP contribution in [0.4, 0.5) is 0 Å². The zero-order valence-corrected chi connectivity index (χ0v) is 11.4. The lowest BCUT2D eigenvalue weighted by Gasteiger charge is -2.13. The van der Waals surface area contributed by atoms with E-state index in [4.69, 9.17) is 17.3 Å². The molecule has 0 saturated heterocycles. The Labute approximate surface area is 110 Å². The summed E-state index contributed by atoms with van der Waals surface area (Å²) in [5.74, 6) is 0.843. The van der Waals surface area contributed by atoms with Crippen LogP contribution in [0.2, 0.25) is 5.02 Å². The van der Waals surface area contributed by atoms with E-state index in [1.807, 2.05) is 18.2 Å². The normalized spacial score (nSPS) is 17.0. The van der Waals surface area contributed by atoms with Crippen LogP contribution in [0.25, 0.3) is 0 Å². The average Bonchev–Trinajstić information content (AvgIpc) is 2.93. The van der Waals surface area contributed by atoms with Crippen molar-refractivity contribution in [3.63, 3.8) is 0 Å². The fraction of sp³-hybridized carbons (Fsp3) is 0.455. The third-order valence-electron chi connectivity index (χ3n) is 2.64. The van der Waals surface area contributed by atoms with E-state index in [2.05, 4.69) is 15.9 Å². The van der Waals surface area contributed by atoms with Crippen LogP contribution in [0.1, 0.15) is 30.9 Å². The molecule has 1 aliphatic carbocycles. The summed E-state index contributed by atoms with van der Waals surface area (Å²) in [6, 6.07) is 5.91. The Kier molecular flexibility index (Phi) is 4.91. The van der Waals surface area contributed by atoms with Crippen LogP contribution in [-0.2, 0) is 0 Å². The molecule has 1 atom stereocenters. The molecule has 0 radical (unpaired) electrons. The maximum atomic E-state index is 6.12. The zero-order valence-electron chi connectivity index (χ0n) is 8.25. The van der Waals surface area contributed by atoms with Gasteiger partial charge in [-0.25, -0.2) is 0 Å². The minimum Gasteiger partial charge on any atom is -0.324 e. The van der Waals surface area contributed by atoms with Crippen molar-refractivity contribution in [3.8, 4) is 0 Å². The molecule has 15 heavy (non-hydrogen) atoms. The van der Waals surface area contributed by atoms with Gasteiger partial charge in [-0.05, 0) is 36.1 Å². The maximum Gasteiger partial charge on any atom is 0.0410 e. The van der Waals surface area contributed by atoms with Crippen LogP contribution < -0.4 is 5.73 Å². The van der Waals surface area contributed by atoms with Gasteiger partial charge in [0.1, 0.15) is 0 Å². The molecule has 1 aromatic carbocycles. The summed E-state index contributed by atoms with van der Waals surface area (Å²) < 4.78 is 1.06. The predicted molar refractivity (Wildman–Crippen MR) is 70.7 cm³/mol. The van der Waals surface area contributed by atoms with Gasteiger partial charge < -0.3 is 5.73 Å². The summed E-state index contributed by atoms with van der Waals surface area (Å²) in [6.45, 7) is 0. The Morgan fingerprint density at radius 2 is 2.13 bits per heavy atom. The fourth-order valence-corrected chi connectivity index (χ4v) is 2.36. The Morgan fingerprint density at radius 3 is 2.73 bits per heavy atom. The van der Waals surface area contributed by atoms with Crippen molar-refractivity contribution >= 4 is 39.9 Å². The van der Waals surface area contributed by atoms with E-state index >= 15 is 0 Å². The van der Waals surface area contributed by atoms with Crippen LogP contribution in [0.5, 0.6) is 0 Å². The van der Waals surface area contributed by atoms with Crippen LogP contribution >= 0.6 is 39.9 Å². The van der Waals surface area contributed by atoms with Crippen molar-refractivity contribution in [3.05, 3.63) is 33.3 Å². The van der Waals surface area contributed by atoms with Crippen LogP contribution in [-0.4, -0.2) is 0 Å². The molecule has 1 aliphatic rings. The van der Waals surface area contributed by atoms with Gasteiger partial charge in [0.15, 0.2) is 0 Å². The molecule has 84 valence electrons. The van der Waals surface area contributed by atoms with Crippen molar-refractivity contribution in [1.29, 1.82) is 0 Å². The smallest absolute Gasteiger partial charge is 0.0410 e. The molecule has 0 amide bonds. The molecule has 0 spiro atoms. The predicted octanol–water partition coefficient (Wildman–Crippen LogP) is 4.32. The van der Waals surface area contributed by atoms with Crippen molar-refractivity contribution in [1.82, 2.24) is 0 Å². The van der Waals surface area contributed by atoms with Gasteiger partial charge in [0, 0.05) is 15.5 Å². The highest BCUT2D eigenvalue weighted by molar-refractivity contribution is 9.10. The quantitative estimate of drug-likeness (QED) is 0.884. The minimum atomic E-state index is 0. The van der Waals surface area contributed by atoms with Gasteiger partial charge in [0.05, 0.1) is 0 Å². The van der Waals surface area contributed by atoms with Crippen molar-refractivity contribution < 1.29 is 0 Å². The molecule has 1 saturated carbocycles. The summed E-state index contributed by atoms with van der Waals surface area (Å²) in [5.41, 5.74) is 7.25. The van der Waals surface area contributed by atoms with E-state index in [0.29, 0.717) is 0 Å². The molecule has 1 aromatic rings. The SMILES string of the molecule is Cl.N[C@@H](CC1CC1)c1cc(Cl)ccc1Br. The third kappa shape index (κ3) is 3.63. The van der Waals surface area contributed by atoms with Crippen molar-refractivity contribution in [2.24, 2.45) is 11.7 Å². The standard InChI is InChI=1S/C11H13BrClN.ClH/c12-10-4-3-8(13)6-9(10)11(14)5-7-1-2-7;/h3-4,6-7,11H,1-2,5,14H2;1H/t11-;/m0./s1. The monoisotopic (exact) mass is 309 g/mol. The molecular formula is C11H14BrCl2N. The summed E-state index contributed by atoms with van der Waals surface area (Å²) in [5, 5.41) is 0.759. The van der Waals surface area contributed by atoms with E-state index in [1.54, 1.807) is 0 Å². The van der Waals surface area contributed by atoms with Gasteiger partial charge >= 0.3 is 0 Å². The Balaban J connectivity index is 0.00000112. The molecule has 0 heterocycles. The highest BCUT2D eigenvalue weighted by Crippen LogP contribution is 2.38. The highest BCUT2D eigenvalue weighted by atomic mass is 79.9. The number of nitrogens with two attached hydrogens (primary N) is 1. The van der Waals surface area contributed by atoms with Gasteiger partial charge in [-0.3, -0.25) is 0 Å². The Morgan fingerprint density at radius 1 is 1.47 bits per heavy atom. The molecule has 2 rings (SSSR count). The van der Waals surface area contributed by atoms with Gasteiger partial charge in [0.2, 0.25) is 0 Å². The summed E-state index contributed by atoms with van der Waals surface area (Å²) in [7, 11) is 0. The topological polar surface area (TPSA) is 26.0 Å². The van der Waals surface area contributed by atoms with E-state index in [-0.39, 0.29) is 18.4 Å². The Hall–Kier alpha value is 0.240. The first-order valence-corrected chi connectivity index (χ1v) is 6.04. The summed E-state index contributed by atoms with van der Waals surface area (Å²) in [6.07, 6.45) is 3.76.